The number of nitro groups is 1. The van der Waals surface area contributed by atoms with E-state index >= 15 is 0 Å². The van der Waals surface area contributed by atoms with Crippen molar-refractivity contribution in [1.29, 1.82) is 5.26 Å². The number of rotatable bonds is 5. The molecule has 0 unspecified atom stereocenters. The van der Waals surface area contributed by atoms with Crippen molar-refractivity contribution in [2.24, 2.45) is 0 Å². The number of hydrogen-bond donors (Lipinski definition) is 0. The van der Waals surface area contributed by atoms with Gasteiger partial charge >= 0.3 is 5.88 Å². The lowest BCUT2D eigenvalue weighted by atomic mass is 10.0. The summed E-state index contributed by atoms with van der Waals surface area (Å²) in [5.74, 6) is -0.135. The van der Waals surface area contributed by atoms with Gasteiger partial charge < -0.3 is 4.42 Å². The van der Waals surface area contributed by atoms with E-state index in [4.69, 9.17) is 4.42 Å². The minimum atomic E-state index is -0.621. The van der Waals surface area contributed by atoms with Crippen molar-refractivity contribution in [3.63, 3.8) is 0 Å². The van der Waals surface area contributed by atoms with Crippen LogP contribution in [0.2, 0.25) is 0 Å². The van der Waals surface area contributed by atoms with Gasteiger partial charge in [-0.05, 0) is 17.2 Å². The zero-order valence-electron chi connectivity index (χ0n) is 15.0. The molecule has 4 rings (SSSR count). The summed E-state index contributed by atoms with van der Waals surface area (Å²) in [6, 6.07) is 22.9. The smallest absolute Gasteiger partial charge is 0.401 e. The fraction of sp³-hybridized carbons (Fsp3) is 0. The molecule has 0 bridgehead atoms. The number of aromatic nitrogens is 1. The fourth-order valence-corrected chi connectivity index (χ4v) is 3.59. The van der Waals surface area contributed by atoms with Crippen LogP contribution in [-0.4, -0.2) is 9.91 Å². The van der Waals surface area contributed by atoms with Crippen LogP contribution in [-0.2, 0) is 0 Å². The third-order valence-corrected chi connectivity index (χ3v) is 5.10. The molecule has 2 aromatic heterocycles. The SMILES string of the molecule is N#C/C(=C\c1ccc([N+](=O)[O-])o1)c1nc(-c2ccc(-c3ccccc3)cc2)cs1. The van der Waals surface area contributed by atoms with E-state index in [1.54, 1.807) is 0 Å². The summed E-state index contributed by atoms with van der Waals surface area (Å²) in [4.78, 5) is 14.7. The van der Waals surface area contributed by atoms with Crippen molar-refractivity contribution in [3.05, 3.63) is 93.0 Å². The van der Waals surface area contributed by atoms with Crippen LogP contribution in [0.15, 0.2) is 76.5 Å². The predicted molar refractivity (Wildman–Crippen MR) is 112 cm³/mol. The maximum atomic E-state index is 10.7. The van der Waals surface area contributed by atoms with Crippen LogP contribution in [0.3, 0.4) is 0 Å². The minimum absolute atomic E-state index is 0.234. The highest BCUT2D eigenvalue weighted by Crippen LogP contribution is 2.29. The molecule has 0 aliphatic rings. The largest absolute Gasteiger partial charge is 0.433 e. The summed E-state index contributed by atoms with van der Waals surface area (Å²) in [5, 5.41) is 22.6. The average Bonchev–Trinajstić information content (AvgIpc) is 3.43. The highest BCUT2D eigenvalue weighted by atomic mass is 32.1. The molecule has 0 radical (unpaired) electrons. The molecule has 140 valence electrons. The lowest BCUT2D eigenvalue weighted by Gasteiger charge is -2.02. The molecule has 0 amide bonds. The van der Waals surface area contributed by atoms with Crippen molar-refractivity contribution in [3.8, 4) is 28.5 Å². The zero-order chi connectivity index (χ0) is 20.2. The van der Waals surface area contributed by atoms with E-state index < -0.39 is 4.92 Å². The maximum Gasteiger partial charge on any atom is 0.433 e. The number of nitrogens with zero attached hydrogens (tertiary/aromatic N) is 3. The molecule has 7 heteroatoms. The van der Waals surface area contributed by atoms with Gasteiger partial charge in [-0.2, -0.15) is 5.26 Å². The number of nitriles is 1. The van der Waals surface area contributed by atoms with Gasteiger partial charge in [-0.15, -0.1) is 11.3 Å². The summed E-state index contributed by atoms with van der Waals surface area (Å²) >= 11 is 1.33. The van der Waals surface area contributed by atoms with E-state index in [0.29, 0.717) is 5.01 Å². The van der Waals surface area contributed by atoms with Crippen LogP contribution in [0.5, 0.6) is 0 Å². The van der Waals surface area contributed by atoms with Crippen molar-refractivity contribution >= 4 is 28.9 Å². The maximum absolute atomic E-state index is 10.7. The monoisotopic (exact) mass is 399 g/mol. The van der Waals surface area contributed by atoms with Crippen LogP contribution in [0.4, 0.5) is 5.88 Å². The molecule has 6 nitrogen and oxygen atoms in total. The standard InChI is InChI=1S/C22H13N3O3S/c23-13-18(12-19-10-11-21(28-19)25(26)27)22-24-20(14-29-22)17-8-6-16(7-9-17)15-4-2-1-3-5-15/h1-12,14H/b18-12+. The number of hydrogen-bond acceptors (Lipinski definition) is 6. The van der Waals surface area contributed by atoms with Gasteiger partial charge in [0, 0.05) is 17.0 Å². The van der Waals surface area contributed by atoms with E-state index in [-0.39, 0.29) is 17.2 Å². The summed E-state index contributed by atoms with van der Waals surface area (Å²) in [7, 11) is 0. The molecule has 0 atom stereocenters. The van der Waals surface area contributed by atoms with Crippen molar-refractivity contribution in [2.75, 3.05) is 0 Å². The molecule has 0 saturated carbocycles. The quantitative estimate of drug-likeness (QED) is 0.232. The van der Waals surface area contributed by atoms with Gasteiger partial charge in [-0.25, -0.2) is 4.98 Å². The van der Waals surface area contributed by atoms with Gasteiger partial charge in [-0.3, -0.25) is 10.1 Å². The Kier molecular flexibility index (Phi) is 5.01. The Hall–Kier alpha value is -4.02. The second kappa shape index (κ2) is 7.92. The Morgan fingerprint density at radius 2 is 1.72 bits per heavy atom. The summed E-state index contributed by atoms with van der Waals surface area (Å²) in [6.45, 7) is 0. The van der Waals surface area contributed by atoms with E-state index in [1.807, 2.05) is 47.8 Å². The summed E-state index contributed by atoms with van der Waals surface area (Å²) in [5.41, 5.74) is 4.24. The molecule has 0 saturated heterocycles. The number of benzene rings is 2. The third kappa shape index (κ3) is 3.98. The lowest BCUT2D eigenvalue weighted by Crippen LogP contribution is -1.84. The first-order valence-electron chi connectivity index (χ1n) is 8.62. The first-order valence-corrected chi connectivity index (χ1v) is 9.50. The molecule has 0 fully saturated rings. The summed E-state index contributed by atoms with van der Waals surface area (Å²) < 4.78 is 5.10. The Morgan fingerprint density at radius 3 is 2.38 bits per heavy atom. The average molecular weight is 399 g/mol. The Balaban J connectivity index is 1.59. The molecular weight excluding hydrogens is 386 g/mol. The van der Waals surface area contributed by atoms with E-state index in [2.05, 4.69) is 23.2 Å². The van der Waals surface area contributed by atoms with Crippen molar-refractivity contribution < 1.29 is 9.34 Å². The highest BCUT2D eigenvalue weighted by molar-refractivity contribution is 7.11. The van der Waals surface area contributed by atoms with Gasteiger partial charge in [0.2, 0.25) is 0 Å². The first kappa shape index (κ1) is 18.3. The van der Waals surface area contributed by atoms with Crippen LogP contribution >= 0.6 is 11.3 Å². The van der Waals surface area contributed by atoms with Gasteiger partial charge in [0.25, 0.3) is 0 Å². The first-order chi connectivity index (χ1) is 14.1. The lowest BCUT2D eigenvalue weighted by molar-refractivity contribution is -0.402. The number of thiazole rings is 1. The van der Waals surface area contributed by atoms with Gasteiger partial charge in [0.15, 0.2) is 0 Å². The second-order valence-electron chi connectivity index (χ2n) is 6.08. The zero-order valence-corrected chi connectivity index (χ0v) is 15.8. The Labute approximate surface area is 170 Å². The highest BCUT2D eigenvalue weighted by Gasteiger charge is 2.14. The molecule has 0 aliphatic carbocycles. The van der Waals surface area contributed by atoms with Crippen LogP contribution in [0, 0.1) is 21.4 Å². The topological polar surface area (TPSA) is 93.0 Å². The molecular formula is C22H13N3O3S. The van der Waals surface area contributed by atoms with Crippen LogP contribution in [0.1, 0.15) is 10.8 Å². The second-order valence-corrected chi connectivity index (χ2v) is 6.94. The van der Waals surface area contributed by atoms with Crippen molar-refractivity contribution in [1.82, 2.24) is 4.98 Å². The predicted octanol–water partition coefficient (Wildman–Crippen LogP) is 6.04. The van der Waals surface area contributed by atoms with Crippen molar-refractivity contribution in [2.45, 2.75) is 0 Å². The normalized spacial score (nSPS) is 11.2. The Morgan fingerprint density at radius 1 is 1.03 bits per heavy atom. The molecule has 0 N–H and O–H groups in total. The molecule has 2 aromatic carbocycles. The van der Waals surface area contributed by atoms with Gasteiger partial charge in [0.1, 0.15) is 21.8 Å². The minimum Gasteiger partial charge on any atom is -0.401 e. The van der Waals surface area contributed by atoms with Crippen LogP contribution in [0.25, 0.3) is 34.0 Å². The third-order valence-electron chi connectivity index (χ3n) is 4.22. The molecule has 4 aromatic rings. The Bertz CT molecular complexity index is 1230. The molecule has 29 heavy (non-hydrogen) atoms. The van der Waals surface area contributed by atoms with Gasteiger partial charge in [0.05, 0.1) is 17.3 Å². The van der Waals surface area contributed by atoms with E-state index in [1.165, 1.54) is 29.5 Å². The molecule has 0 aliphatic heterocycles. The molecule has 2 heterocycles. The fourth-order valence-electron chi connectivity index (χ4n) is 2.80. The number of allylic oxidation sites excluding steroid dienone is 1. The summed E-state index contributed by atoms with van der Waals surface area (Å²) in [6.07, 6.45) is 1.45. The number of furan rings is 1. The van der Waals surface area contributed by atoms with Gasteiger partial charge in [-0.1, -0.05) is 54.6 Å². The van der Waals surface area contributed by atoms with E-state index in [9.17, 15) is 15.4 Å². The van der Waals surface area contributed by atoms with Crippen LogP contribution < -0.4 is 0 Å². The molecule has 0 spiro atoms. The van der Waals surface area contributed by atoms with E-state index in [0.717, 1.165) is 22.4 Å².